The standard InChI is InChI=1S/C28H41N5O6/c29-26(36)28(9-4-5-10-28)27(37)31-23(16-21-6-2-1-3-7-21)25(35)30-11-8-24(34)33-14-12-32(13-15-33)17-22-18-38-20-39-19-22/h1-3,6-7,22-23H,4-5,8-20H2,(H2,29,36)(H,30,35)(H,31,37)/t23-/m1/s1. The van der Waals surface area contributed by atoms with E-state index in [4.69, 9.17) is 15.2 Å². The number of carbonyl (C=O) groups is 4. The number of piperazine rings is 1. The summed E-state index contributed by atoms with van der Waals surface area (Å²) < 4.78 is 10.7. The molecule has 11 nitrogen and oxygen atoms in total. The molecular formula is C28H41N5O6. The van der Waals surface area contributed by atoms with Gasteiger partial charge in [-0.05, 0) is 18.4 Å². The normalized spacial score (nSPS) is 20.8. The van der Waals surface area contributed by atoms with Crippen LogP contribution in [0.4, 0.5) is 0 Å². The molecule has 2 saturated heterocycles. The van der Waals surface area contributed by atoms with Gasteiger partial charge in [-0.2, -0.15) is 0 Å². The van der Waals surface area contributed by atoms with Crippen LogP contribution in [0.1, 0.15) is 37.7 Å². The van der Waals surface area contributed by atoms with Gasteiger partial charge in [0.1, 0.15) is 18.2 Å². The van der Waals surface area contributed by atoms with Gasteiger partial charge in [-0.15, -0.1) is 0 Å². The lowest BCUT2D eigenvalue weighted by Gasteiger charge is -2.37. The largest absolute Gasteiger partial charge is 0.369 e. The summed E-state index contributed by atoms with van der Waals surface area (Å²) in [5.74, 6) is -1.20. The fraction of sp³-hybridized carbons (Fsp3) is 0.643. The number of rotatable bonds is 11. The van der Waals surface area contributed by atoms with E-state index in [1.807, 2.05) is 35.2 Å². The summed E-state index contributed by atoms with van der Waals surface area (Å²) in [5, 5.41) is 5.62. The molecule has 2 heterocycles. The van der Waals surface area contributed by atoms with Gasteiger partial charge >= 0.3 is 0 Å². The van der Waals surface area contributed by atoms with Crippen LogP contribution < -0.4 is 16.4 Å². The summed E-state index contributed by atoms with van der Waals surface area (Å²) >= 11 is 0. The van der Waals surface area contributed by atoms with Crippen molar-refractivity contribution in [2.24, 2.45) is 17.1 Å². The molecule has 2 aliphatic heterocycles. The van der Waals surface area contributed by atoms with E-state index in [0.717, 1.165) is 38.0 Å². The number of nitrogens with zero attached hydrogens (tertiary/aromatic N) is 2. The molecule has 0 radical (unpaired) electrons. The summed E-state index contributed by atoms with van der Waals surface area (Å²) in [5.41, 5.74) is 5.22. The molecule has 0 bridgehead atoms. The highest BCUT2D eigenvalue weighted by Gasteiger charge is 2.47. The third kappa shape index (κ3) is 7.77. The zero-order chi connectivity index (χ0) is 27.7. The first kappa shape index (κ1) is 29.0. The minimum absolute atomic E-state index is 0.0124. The second-order valence-electron chi connectivity index (χ2n) is 10.8. The van der Waals surface area contributed by atoms with Gasteiger partial charge in [-0.25, -0.2) is 0 Å². The Labute approximate surface area is 229 Å². The predicted octanol–water partition coefficient (Wildman–Crippen LogP) is 0.0306. The van der Waals surface area contributed by atoms with Crippen LogP contribution >= 0.6 is 0 Å². The number of amides is 4. The highest BCUT2D eigenvalue weighted by atomic mass is 16.7. The van der Waals surface area contributed by atoms with Gasteiger partial charge in [0.15, 0.2) is 0 Å². The molecule has 1 aliphatic carbocycles. The van der Waals surface area contributed by atoms with Gasteiger partial charge in [-0.3, -0.25) is 24.1 Å². The number of nitrogens with one attached hydrogen (secondary N) is 2. The van der Waals surface area contributed by atoms with E-state index in [2.05, 4.69) is 15.5 Å². The molecule has 11 heteroatoms. The molecule has 0 spiro atoms. The molecule has 1 atom stereocenters. The van der Waals surface area contributed by atoms with Crippen molar-refractivity contribution in [3.05, 3.63) is 35.9 Å². The van der Waals surface area contributed by atoms with Crippen molar-refractivity contribution < 1.29 is 28.7 Å². The molecule has 1 aromatic carbocycles. The lowest BCUT2D eigenvalue weighted by molar-refractivity contribution is -0.143. The van der Waals surface area contributed by atoms with Crippen molar-refractivity contribution in [1.82, 2.24) is 20.4 Å². The average molecular weight is 544 g/mol. The number of hydrogen-bond acceptors (Lipinski definition) is 7. The Morgan fingerprint density at radius 2 is 1.67 bits per heavy atom. The van der Waals surface area contributed by atoms with Crippen molar-refractivity contribution >= 4 is 23.6 Å². The smallest absolute Gasteiger partial charge is 0.242 e. The summed E-state index contributed by atoms with van der Waals surface area (Å²) in [7, 11) is 0. The number of hydrogen-bond donors (Lipinski definition) is 3. The van der Waals surface area contributed by atoms with E-state index in [-0.39, 0.29) is 31.2 Å². The van der Waals surface area contributed by atoms with E-state index in [1.54, 1.807) is 0 Å². The second kappa shape index (κ2) is 13.9. The number of carbonyl (C=O) groups excluding carboxylic acids is 4. The van der Waals surface area contributed by atoms with Crippen LogP contribution in [-0.2, 0) is 35.1 Å². The van der Waals surface area contributed by atoms with Gasteiger partial charge in [-0.1, -0.05) is 43.2 Å². The molecular weight excluding hydrogens is 502 g/mol. The zero-order valence-corrected chi connectivity index (χ0v) is 22.6. The van der Waals surface area contributed by atoms with Crippen LogP contribution in [0, 0.1) is 11.3 Å². The maximum atomic E-state index is 13.2. The zero-order valence-electron chi connectivity index (χ0n) is 22.6. The summed E-state index contributed by atoms with van der Waals surface area (Å²) in [6, 6.07) is 8.48. The molecule has 4 amide bonds. The van der Waals surface area contributed by atoms with Crippen molar-refractivity contribution in [3.63, 3.8) is 0 Å². The fourth-order valence-electron chi connectivity index (χ4n) is 5.68. The third-order valence-electron chi connectivity index (χ3n) is 8.02. The summed E-state index contributed by atoms with van der Waals surface area (Å²) in [4.78, 5) is 55.5. The first-order valence-corrected chi connectivity index (χ1v) is 14.0. The highest BCUT2D eigenvalue weighted by Crippen LogP contribution is 2.38. The Bertz CT molecular complexity index is 985. The topological polar surface area (TPSA) is 143 Å². The summed E-state index contributed by atoms with van der Waals surface area (Å²) in [6.45, 7) is 5.69. The Kier molecular flexibility index (Phi) is 10.3. The van der Waals surface area contributed by atoms with Crippen LogP contribution in [0.15, 0.2) is 30.3 Å². The lowest BCUT2D eigenvalue weighted by Crippen LogP contribution is -2.55. The van der Waals surface area contributed by atoms with Gasteiger partial charge < -0.3 is 30.7 Å². The van der Waals surface area contributed by atoms with Gasteiger partial charge in [0, 0.05) is 58.0 Å². The molecule has 3 fully saturated rings. The Hall–Kier alpha value is -3.02. The first-order valence-electron chi connectivity index (χ1n) is 14.0. The minimum atomic E-state index is -1.27. The summed E-state index contributed by atoms with van der Waals surface area (Å²) in [6.07, 6.45) is 2.69. The van der Waals surface area contributed by atoms with Crippen LogP contribution in [0.5, 0.6) is 0 Å². The maximum Gasteiger partial charge on any atom is 0.242 e. The number of nitrogens with two attached hydrogens (primary N) is 1. The van der Waals surface area contributed by atoms with Crippen molar-refractivity contribution in [2.75, 3.05) is 59.3 Å². The monoisotopic (exact) mass is 543 g/mol. The van der Waals surface area contributed by atoms with E-state index >= 15 is 0 Å². The first-order chi connectivity index (χ1) is 18.9. The molecule has 0 aromatic heterocycles. The van der Waals surface area contributed by atoms with Crippen LogP contribution in [0.2, 0.25) is 0 Å². The molecule has 0 unspecified atom stereocenters. The van der Waals surface area contributed by atoms with E-state index in [0.29, 0.717) is 51.9 Å². The number of ether oxygens (including phenoxy) is 2. The predicted molar refractivity (Wildman–Crippen MR) is 143 cm³/mol. The van der Waals surface area contributed by atoms with Crippen molar-refractivity contribution in [2.45, 2.75) is 44.6 Å². The maximum absolute atomic E-state index is 13.2. The lowest BCUT2D eigenvalue weighted by atomic mass is 9.84. The van der Waals surface area contributed by atoms with E-state index < -0.39 is 23.3 Å². The number of benzene rings is 1. The van der Waals surface area contributed by atoms with Crippen molar-refractivity contribution in [1.29, 1.82) is 0 Å². The Morgan fingerprint density at radius 1 is 1.00 bits per heavy atom. The second-order valence-corrected chi connectivity index (χ2v) is 10.8. The Balaban J connectivity index is 1.26. The minimum Gasteiger partial charge on any atom is -0.369 e. The molecule has 4 N–H and O–H groups in total. The quantitative estimate of drug-likeness (QED) is 0.334. The Morgan fingerprint density at radius 3 is 2.31 bits per heavy atom. The average Bonchev–Trinajstić information content (AvgIpc) is 3.46. The molecule has 4 rings (SSSR count). The van der Waals surface area contributed by atoms with Crippen LogP contribution in [0.3, 0.4) is 0 Å². The van der Waals surface area contributed by atoms with Crippen LogP contribution in [-0.4, -0.2) is 98.7 Å². The molecule has 3 aliphatic rings. The van der Waals surface area contributed by atoms with Gasteiger partial charge in [0.25, 0.3) is 0 Å². The van der Waals surface area contributed by atoms with E-state index in [9.17, 15) is 19.2 Å². The third-order valence-corrected chi connectivity index (χ3v) is 8.02. The molecule has 1 aromatic rings. The van der Waals surface area contributed by atoms with E-state index in [1.165, 1.54) is 0 Å². The fourth-order valence-corrected chi connectivity index (χ4v) is 5.68. The SMILES string of the molecule is NC(=O)C1(C(=O)N[C@H](Cc2ccccc2)C(=O)NCCC(=O)N2CCN(CC3COCOC3)CC2)CCCC1. The highest BCUT2D eigenvalue weighted by molar-refractivity contribution is 6.05. The number of primary amides is 1. The van der Waals surface area contributed by atoms with Crippen molar-refractivity contribution in [3.8, 4) is 0 Å². The van der Waals surface area contributed by atoms with Gasteiger partial charge in [0.05, 0.1) is 13.2 Å². The molecule has 214 valence electrons. The molecule has 1 saturated carbocycles. The van der Waals surface area contributed by atoms with Gasteiger partial charge in [0.2, 0.25) is 23.6 Å². The molecule has 39 heavy (non-hydrogen) atoms. The van der Waals surface area contributed by atoms with Crippen LogP contribution in [0.25, 0.3) is 0 Å².